The lowest BCUT2D eigenvalue weighted by Gasteiger charge is -2.30. The van der Waals surface area contributed by atoms with Crippen molar-refractivity contribution in [3.05, 3.63) is 65.6 Å². The van der Waals surface area contributed by atoms with Crippen molar-refractivity contribution in [2.24, 2.45) is 0 Å². The molecule has 2 aromatic heterocycles. The van der Waals surface area contributed by atoms with Crippen LogP contribution in [0.3, 0.4) is 0 Å². The summed E-state index contributed by atoms with van der Waals surface area (Å²) in [5.74, 6) is 2.18. The van der Waals surface area contributed by atoms with Gasteiger partial charge in [0.25, 0.3) is 0 Å². The summed E-state index contributed by atoms with van der Waals surface area (Å²) in [4.78, 5) is 9.93. The van der Waals surface area contributed by atoms with E-state index in [9.17, 15) is 8.42 Å². The molecule has 0 radical (unpaired) electrons. The van der Waals surface area contributed by atoms with Crippen LogP contribution < -0.4 is 14.8 Å². The van der Waals surface area contributed by atoms with Crippen LogP contribution in [0.25, 0.3) is 16.7 Å². The molecule has 2 aromatic carbocycles. The first kappa shape index (κ1) is 26.1. The van der Waals surface area contributed by atoms with Crippen LogP contribution in [0.15, 0.2) is 53.4 Å². The Balaban J connectivity index is 1.32. The third-order valence-electron chi connectivity index (χ3n) is 7.17. The summed E-state index contributed by atoms with van der Waals surface area (Å²) in [6.07, 6.45) is 3.84. The lowest BCUT2D eigenvalue weighted by atomic mass is 9.92. The number of anilines is 1. The van der Waals surface area contributed by atoms with Gasteiger partial charge in [0.05, 0.1) is 28.8 Å². The van der Waals surface area contributed by atoms with Gasteiger partial charge in [-0.2, -0.15) is 5.10 Å². The second kappa shape index (κ2) is 10.7. The number of methoxy groups -OCH3 is 1. The first-order valence-corrected chi connectivity index (χ1v) is 14.5. The van der Waals surface area contributed by atoms with Gasteiger partial charge in [-0.1, -0.05) is 25.1 Å². The van der Waals surface area contributed by atoms with E-state index in [1.54, 1.807) is 31.4 Å². The number of fused-ring (bicyclic) bond motifs is 1. The highest BCUT2D eigenvalue weighted by molar-refractivity contribution is 7.89. The molecule has 0 saturated heterocycles. The van der Waals surface area contributed by atoms with E-state index in [1.165, 1.54) is 0 Å². The lowest BCUT2D eigenvalue weighted by Crippen LogP contribution is -2.40. The first-order valence-electron chi connectivity index (χ1n) is 13.0. The van der Waals surface area contributed by atoms with Gasteiger partial charge in [-0.05, 0) is 75.4 Å². The average Bonchev–Trinajstić information content (AvgIpc) is 3.26. The smallest absolute Gasteiger partial charge is 0.240 e. The fraction of sp³-hybridized carbons (Fsp3) is 0.393. The molecule has 1 fully saturated rings. The quantitative estimate of drug-likeness (QED) is 0.337. The molecule has 1 saturated carbocycles. The SMILES string of the molecule is CCc1nc(NC2CCC(NS(=O)(=O)c3ccc(OC)cc3)CC2)c2c(C)nn(-c3ccccc3C)c2n1. The Labute approximate surface area is 223 Å². The zero-order valence-corrected chi connectivity index (χ0v) is 23.0. The zero-order chi connectivity index (χ0) is 26.9. The Kier molecular flexibility index (Phi) is 7.36. The van der Waals surface area contributed by atoms with Crippen molar-refractivity contribution >= 4 is 26.9 Å². The fourth-order valence-corrected chi connectivity index (χ4v) is 6.36. The molecule has 2 N–H and O–H groups in total. The van der Waals surface area contributed by atoms with E-state index in [0.717, 1.165) is 65.3 Å². The molecule has 5 rings (SSSR count). The van der Waals surface area contributed by atoms with E-state index in [0.29, 0.717) is 12.2 Å². The van der Waals surface area contributed by atoms with Crippen LogP contribution in [0.1, 0.15) is 49.7 Å². The minimum atomic E-state index is -3.59. The monoisotopic (exact) mass is 534 g/mol. The summed E-state index contributed by atoms with van der Waals surface area (Å²) in [5.41, 5.74) is 3.79. The topological polar surface area (TPSA) is 111 Å². The zero-order valence-electron chi connectivity index (χ0n) is 22.2. The van der Waals surface area contributed by atoms with Crippen LogP contribution in [0, 0.1) is 13.8 Å². The standard InChI is InChI=1S/C28H34N6O3S/c1-5-25-30-27(26-19(3)32-34(28(26)31-25)24-9-7-6-8-18(24)2)29-20-10-12-21(13-11-20)33-38(35,36)23-16-14-22(37-4)15-17-23/h6-9,14-17,20-21,33H,5,10-13H2,1-4H3,(H,29,30,31). The highest BCUT2D eigenvalue weighted by atomic mass is 32.2. The van der Waals surface area contributed by atoms with Gasteiger partial charge in [-0.3, -0.25) is 0 Å². The number of rotatable bonds is 8. The number of nitrogens with zero attached hydrogens (tertiary/aromatic N) is 4. The third-order valence-corrected chi connectivity index (χ3v) is 8.70. The van der Waals surface area contributed by atoms with Gasteiger partial charge in [0.2, 0.25) is 10.0 Å². The van der Waals surface area contributed by atoms with Crippen LogP contribution >= 0.6 is 0 Å². The van der Waals surface area contributed by atoms with Crippen LogP contribution in [0.5, 0.6) is 5.75 Å². The minimum Gasteiger partial charge on any atom is -0.497 e. The highest BCUT2D eigenvalue weighted by Crippen LogP contribution is 2.30. The Bertz CT molecular complexity index is 1540. The highest BCUT2D eigenvalue weighted by Gasteiger charge is 2.27. The van der Waals surface area contributed by atoms with Crippen LogP contribution in [-0.2, 0) is 16.4 Å². The Morgan fingerprint density at radius 3 is 2.32 bits per heavy atom. The molecular formula is C28H34N6O3S. The molecule has 4 aromatic rings. The second-order valence-corrected chi connectivity index (χ2v) is 11.5. The molecule has 2 heterocycles. The lowest BCUT2D eigenvalue weighted by molar-refractivity contribution is 0.387. The van der Waals surface area contributed by atoms with E-state index >= 15 is 0 Å². The predicted molar refractivity (Wildman–Crippen MR) is 148 cm³/mol. The van der Waals surface area contributed by atoms with Crippen molar-refractivity contribution in [3.8, 4) is 11.4 Å². The summed E-state index contributed by atoms with van der Waals surface area (Å²) in [7, 11) is -2.03. The maximum atomic E-state index is 12.9. The number of ether oxygens (including phenoxy) is 1. The van der Waals surface area contributed by atoms with E-state index in [1.807, 2.05) is 30.7 Å². The van der Waals surface area contributed by atoms with Gasteiger partial charge in [0.1, 0.15) is 17.4 Å². The Morgan fingerprint density at radius 1 is 0.974 bits per heavy atom. The molecule has 0 bridgehead atoms. The van der Waals surface area contributed by atoms with E-state index in [-0.39, 0.29) is 17.0 Å². The molecule has 1 aliphatic rings. The van der Waals surface area contributed by atoms with Crippen molar-refractivity contribution in [1.82, 2.24) is 24.5 Å². The molecule has 0 atom stereocenters. The number of benzene rings is 2. The molecule has 10 heteroatoms. The number of para-hydroxylation sites is 1. The predicted octanol–water partition coefficient (Wildman–Crippen LogP) is 4.70. The van der Waals surface area contributed by atoms with Crippen LogP contribution in [-0.4, -0.2) is 47.4 Å². The van der Waals surface area contributed by atoms with Crippen LogP contribution in [0.2, 0.25) is 0 Å². The van der Waals surface area contributed by atoms with E-state index in [4.69, 9.17) is 19.8 Å². The minimum absolute atomic E-state index is 0.109. The molecule has 1 aliphatic carbocycles. The molecule has 200 valence electrons. The Hall–Kier alpha value is -3.50. The van der Waals surface area contributed by atoms with Gasteiger partial charge in [-0.15, -0.1) is 0 Å². The molecule has 0 spiro atoms. The van der Waals surface area contributed by atoms with Gasteiger partial charge >= 0.3 is 0 Å². The van der Waals surface area contributed by atoms with E-state index < -0.39 is 10.0 Å². The summed E-state index contributed by atoms with van der Waals surface area (Å²) in [5, 5.41) is 9.41. The van der Waals surface area contributed by atoms with Crippen molar-refractivity contribution in [2.75, 3.05) is 12.4 Å². The number of aryl methyl sites for hydroxylation is 3. The molecule has 0 aliphatic heterocycles. The number of hydrogen-bond donors (Lipinski definition) is 2. The summed E-state index contributed by atoms with van der Waals surface area (Å²) < 4.78 is 35.7. The molecular weight excluding hydrogens is 500 g/mol. The Morgan fingerprint density at radius 2 is 1.66 bits per heavy atom. The molecule has 9 nitrogen and oxygen atoms in total. The van der Waals surface area contributed by atoms with Gasteiger partial charge in [0.15, 0.2) is 5.65 Å². The first-order chi connectivity index (χ1) is 18.3. The molecule has 0 amide bonds. The van der Waals surface area contributed by atoms with Crippen molar-refractivity contribution in [2.45, 2.75) is 69.9 Å². The molecule has 38 heavy (non-hydrogen) atoms. The van der Waals surface area contributed by atoms with E-state index in [2.05, 4.69) is 29.1 Å². The number of hydrogen-bond acceptors (Lipinski definition) is 7. The average molecular weight is 535 g/mol. The number of sulfonamides is 1. The largest absolute Gasteiger partial charge is 0.497 e. The normalized spacial score (nSPS) is 18.0. The maximum Gasteiger partial charge on any atom is 0.240 e. The number of nitrogens with one attached hydrogen (secondary N) is 2. The van der Waals surface area contributed by atoms with Gasteiger partial charge < -0.3 is 10.1 Å². The van der Waals surface area contributed by atoms with Crippen molar-refractivity contribution in [1.29, 1.82) is 0 Å². The summed E-state index contributed by atoms with van der Waals surface area (Å²) in [6.45, 7) is 6.11. The van der Waals surface area contributed by atoms with Gasteiger partial charge in [-0.25, -0.2) is 27.8 Å². The second-order valence-electron chi connectivity index (χ2n) is 9.81. The number of aromatic nitrogens is 4. The fourth-order valence-electron chi connectivity index (χ4n) is 5.05. The summed E-state index contributed by atoms with van der Waals surface area (Å²) in [6, 6.07) is 14.7. The van der Waals surface area contributed by atoms with Crippen molar-refractivity contribution < 1.29 is 13.2 Å². The van der Waals surface area contributed by atoms with Crippen LogP contribution in [0.4, 0.5) is 5.82 Å². The molecule has 0 unspecified atom stereocenters. The summed E-state index contributed by atoms with van der Waals surface area (Å²) >= 11 is 0. The van der Waals surface area contributed by atoms with Crippen molar-refractivity contribution in [3.63, 3.8) is 0 Å². The maximum absolute atomic E-state index is 12.9. The third kappa shape index (κ3) is 5.23. The van der Waals surface area contributed by atoms with Gasteiger partial charge in [0, 0.05) is 18.5 Å².